The predicted octanol–water partition coefficient (Wildman–Crippen LogP) is 15.0. The maximum atomic E-state index is 9.75. The van der Waals surface area contributed by atoms with Crippen LogP contribution in [0.15, 0.2) is 0 Å². The summed E-state index contributed by atoms with van der Waals surface area (Å²) in [6, 6.07) is 0. The van der Waals surface area contributed by atoms with E-state index in [0.717, 1.165) is 0 Å². The van der Waals surface area contributed by atoms with Crippen molar-refractivity contribution in [2.45, 2.75) is 227 Å². The second-order valence-electron chi connectivity index (χ2n) is 16.0. The maximum Gasteiger partial charge on any atom is 0.673 e. The Balaban J connectivity index is 0.000000204. The van der Waals surface area contributed by atoms with Crippen molar-refractivity contribution in [2.75, 3.05) is 0 Å². The molecule has 6 aliphatic rings. The summed E-state index contributed by atoms with van der Waals surface area (Å²) in [5.74, 6) is 0. The van der Waals surface area contributed by atoms with Crippen molar-refractivity contribution in [1.29, 1.82) is 0 Å². The van der Waals surface area contributed by atoms with Gasteiger partial charge in [0.25, 0.3) is 0 Å². The average Bonchev–Trinajstić information content (AvgIpc) is 3.07. The monoisotopic (exact) mass is 736 g/mol. The standard InChI is InChI=1S/2C18H33P.2BF4/c2*1-4-10-16(11-5-1)19(17-12-6-2-7-13-17)18-14-8-3-9-15-18;2*2-1(3,4)5/h2*16-18H,1-15H2;;/q;;2*-1/p+2. The lowest BCUT2D eigenvalue weighted by atomic mass is 9.99. The van der Waals surface area contributed by atoms with Crippen molar-refractivity contribution in [1.82, 2.24) is 0 Å². The van der Waals surface area contributed by atoms with E-state index in [-0.39, 0.29) is 15.8 Å². The normalized spacial score (nSPS) is 25.4. The highest BCUT2D eigenvalue weighted by atomic mass is 31.1. The topological polar surface area (TPSA) is 0 Å². The molecular formula is C36H68B2F8P2. The molecule has 0 amide bonds. The molecule has 0 radical (unpaired) electrons. The largest absolute Gasteiger partial charge is 0.673 e. The molecule has 284 valence electrons. The molecule has 0 saturated heterocycles. The molecule has 0 heterocycles. The van der Waals surface area contributed by atoms with Crippen molar-refractivity contribution in [2.24, 2.45) is 0 Å². The lowest BCUT2D eigenvalue weighted by Gasteiger charge is -2.38. The zero-order valence-electron chi connectivity index (χ0n) is 29.9. The van der Waals surface area contributed by atoms with E-state index in [2.05, 4.69) is 0 Å². The van der Waals surface area contributed by atoms with Gasteiger partial charge in [-0.15, -0.1) is 0 Å². The zero-order valence-corrected chi connectivity index (χ0v) is 31.9. The van der Waals surface area contributed by atoms with Gasteiger partial charge in [-0.2, -0.15) is 0 Å². The van der Waals surface area contributed by atoms with Crippen LogP contribution in [-0.2, 0) is 0 Å². The third-order valence-corrected chi connectivity index (χ3v) is 21.6. The number of hydrogen-bond donors (Lipinski definition) is 0. The molecule has 0 bridgehead atoms. The van der Waals surface area contributed by atoms with Crippen LogP contribution >= 0.6 is 15.8 Å². The first kappa shape index (κ1) is 42.8. The average molecular weight is 736 g/mol. The van der Waals surface area contributed by atoms with Gasteiger partial charge in [-0.25, -0.2) is 0 Å². The molecule has 0 atom stereocenters. The molecule has 6 rings (SSSR count). The second kappa shape index (κ2) is 23.2. The molecule has 6 fully saturated rings. The Morgan fingerprint density at radius 1 is 0.229 bits per heavy atom. The predicted molar refractivity (Wildman–Crippen MR) is 198 cm³/mol. The molecule has 0 aromatic heterocycles. The molecule has 0 unspecified atom stereocenters. The van der Waals surface area contributed by atoms with Gasteiger partial charge in [-0.05, 0) is 154 Å². The summed E-state index contributed by atoms with van der Waals surface area (Å²) in [7, 11) is -12.1. The van der Waals surface area contributed by atoms with Crippen molar-refractivity contribution in [3.8, 4) is 0 Å². The lowest BCUT2D eigenvalue weighted by Crippen LogP contribution is -2.28. The molecule has 0 nitrogen and oxygen atoms in total. The molecule has 12 heteroatoms. The Hall–Kier alpha value is 0.430. The third-order valence-electron chi connectivity index (χ3n) is 12.5. The molecule has 0 spiro atoms. The molecule has 0 N–H and O–H groups in total. The maximum absolute atomic E-state index is 9.75. The van der Waals surface area contributed by atoms with Gasteiger partial charge >= 0.3 is 14.5 Å². The van der Waals surface area contributed by atoms with Crippen LogP contribution in [0.1, 0.15) is 193 Å². The molecular weight excluding hydrogens is 668 g/mol. The quantitative estimate of drug-likeness (QED) is 0.145. The van der Waals surface area contributed by atoms with Gasteiger partial charge in [-0.3, -0.25) is 0 Å². The van der Waals surface area contributed by atoms with Gasteiger partial charge in [-0.1, -0.05) is 38.5 Å². The van der Waals surface area contributed by atoms with Gasteiger partial charge in [0.15, 0.2) is 0 Å². The highest BCUT2D eigenvalue weighted by Crippen LogP contribution is 2.63. The smallest absolute Gasteiger partial charge is 0.418 e. The molecule has 0 aliphatic heterocycles. The molecule has 6 aliphatic carbocycles. The first-order valence-electron chi connectivity index (χ1n) is 20.4. The molecule has 0 aromatic carbocycles. The van der Waals surface area contributed by atoms with Crippen molar-refractivity contribution in [3.63, 3.8) is 0 Å². The van der Waals surface area contributed by atoms with Gasteiger partial charge in [0.1, 0.15) is 0 Å². The summed E-state index contributed by atoms with van der Waals surface area (Å²) in [6.45, 7) is 0. The van der Waals surface area contributed by atoms with E-state index in [0.29, 0.717) is 0 Å². The minimum Gasteiger partial charge on any atom is -0.418 e. The van der Waals surface area contributed by atoms with Crippen molar-refractivity contribution in [3.05, 3.63) is 0 Å². The molecule has 6 saturated carbocycles. The lowest BCUT2D eigenvalue weighted by molar-refractivity contribution is 0.366. The second-order valence-corrected chi connectivity index (χ2v) is 22.9. The fraction of sp³-hybridized carbons (Fsp3) is 1.00. The van der Waals surface area contributed by atoms with Gasteiger partial charge in [0, 0.05) is 15.8 Å². The summed E-state index contributed by atoms with van der Waals surface area (Å²) in [5, 5.41) is 0. The Labute approximate surface area is 291 Å². The van der Waals surface area contributed by atoms with E-state index >= 15 is 0 Å². The van der Waals surface area contributed by atoms with Gasteiger partial charge in [0.2, 0.25) is 0 Å². The number of hydrogen-bond acceptors (Lipinski definition) is 0. The van der Waals surface area contributed by atoms with Crippen LogP contribution < -0.4 is 0 Å². The summed E-state index contributed by atoms with van der Waals surface area (Å²) >= 11 is 0. The SMILES string of the molecule is C1CCC([PH+](C2CCCCC2)C2CCCCC2)CC1.C1CCC([PH+](C2CCCCC2)C2CCCCC2)CC1.F[B-](F)(F)F.F[B-](F)(F)F. The Bertz CT molecular complexity index is 633. The molecule has 48 heavy (non-hydrogen) atoms. The first-order valence-corrected chi connectivity index (χ1v) is 23.8. The van der Waals surface area contributed by atoms with Gasteiger partial charge in [0.05, 0.1) is 34.0 Å². The van der Waals surface area contributed by atoms with Crippen LogP contribution in [0.5, 0.6) is 0 Å². The highest BCUT2D eigenvalue weighted by molar-refractivity contribution is 7.60. The van der Waals surface area contributed by atoms with Crippen LogP contribution in [0.4, 0.5) is 34.5 Å². The van der Waals surface area contributed by atoms with E-state index < -0.39 is 14.5 Å². The van der Waals surface area contributed by atoms with Crippen LogP contribution in [-0.4, -0.2) is 48.5 Å². The number of halogens is 8. The Kier molecular flexibility index (Phi) is 20.7. The van der Waals surface area contributed by atoms with Crippen LogP contribution in [0.3, 0.4) is 0 Å². The van der Waals surface area contributed by atoms with Crippen molar-refractivity contribution >= 4 is 30.4 Å². The minimum absolute atomic E-state index is 0.0465. The van der Waals surface area contributed by atoms with Crippen LogP contribution in [0, 0.1) is 0 Å². The van der Waals surface area contributed by atoms with Crippen molar-refractivity contribution < 1.29 is 34.5 Å². The van der Waals surface area contributed by atoms with Crippen LogP contribution in [0.2, 0.25) is 0 Å². The van der Waals surface area contributed by atoms with E-state index in [1.807, 2.05) is 0 Å². The summed E-state index contributed by atoms with van der Waals surface area (Å²) in [5.41, 5.74) is 7.36. The van der Waals surface area contributed by atoms with E-state index in [1.165, 1.54) is 34.0 Å². The summed E-state index contributed by atoms with van der Waals surface area (Å²) in [4.78, 5) is 0. The summed E-state index contributed by atoms with van der Waals surface area (Å²) < 4.78 is 78.0. The van der Waals surface area contributed by atoms with Crippen LogP contribution in [0.25, 0.3) is 0 Å². The minimum atomic E-state index is -6.00. The fourth-order valence-electron chi connectivity index (χ4n) is 10.6. The third kappa shape index (κ3) is 18.3. The highest BCUT2D eigenvalue weighted by Gasteiger charge is 2.44. The molecule has 0 aromatic rings. The van der Waals surface area contributed by atoms with E-state index in [1.54, 1.807) is 193 Å². The zero-order chi connectivity index (χ0) is 34.8. The van der Waals surface area contributed by atoms with E-state index in [4.69, 9.17) is 0 Å². The Morgan fingerprint density at radius 3 is 0.438 bits per heavy atom. The van der Waals surface area contributed by atoms with Gasteiger partial charge < -0.3 is 34.5 Å². The number of rotatable bonds is 6. The summed E-state index contributed by atoms with van der Waals surface area (Å²) in [6.07, 6.45) is 47.6. The fourth-order valence-corrected chi connectivity index (χ4v) is 21.1. The Morgan fingerprint density at radius 2 is 0.333 bits per heavy atom. The first-order chi connectivity index (χ1) is 22.9. The van der Waals surface area contributed by atoms with E-state index in [9.17, 15) is 34.5 Å².